The molecule has 0 bridgehead atoms. The molecular weight excluding hydrogens is 481 g/mol. The van der Waals surface area contributed by atoms with Crippen LogP contribution in [0.1, 0.15) is 23.2 Å². The van der Waals surface area contributed by atoms with Crippen LogP contribution >= 0.6 is 34.2 Å². The first-order valence-corrected chi connectivity index (χ1v) is 9.09. The van der Waals surface area contributed by atoms with Gasteiger partial charge in [0.25, 0.3) is 5.91 Å². The number of hydroxylamine groups is 1. The molecule has 3 N–H and O–H groups in total. The lowest BCUT2D eigenvalue weighted by molar-refractivity contribution is -0.0230. The molecule has 0 spiro atoms. The van der Waals surface area contributed by atoms with Gasteiger partial charge in [0.15, 0.2) is 0 Å². The second-order valence-electron chi connectivity index (χ2n) is 6.01. The zero-order chi connectivity index (χ0) is 18.9. The summed E-state index contributed by atoms with van der Waals surface area (Å²) in [6, 6.07) is 6.56. The van der Waals surface area contributed by atoms with Crippen molar-refractivity contribution in [1.29, 1.82) is 0 Å². The third-order valence-corrected chi connectivity index (χ3v) is 4.80. The van der Waals surface area contributed by atoms with E-state index in [1.807, 2.05) is 22.6 Å². The first-order chi connectivity index (χ1) is 12.3. The minimum absolute atomic E-state index is 0.0261. The SMILES string of the molecule is O=C(NOCC1(O)CC1)c1cc(Cl)c(F)cc1Nc1ccc(I)cc1F. The first kappa shape index (κ1) is 19.3. The summed E-state index contributed by atoms with van der Waals surface area (Å²) in [6.07, 6.45) is 1.20. The molecular formula is C17H14ClF2IN2O3. The normalized spacial score (nSPS) is 14.8. The molecule has 2 aromatic rings. The molecule has 9 heteroatoms. The van der Waals surface area contributed by atoms with Gasteiger partial charge in [-0.3, -0.25) is 9.63 Å². The highest BCUT2D eigenvalue weighted by Gasteiger charge is 2.41. The lowest BCUT2D eigenvalue weighted by atomic mass is 10.1. The fourth-order valence-corrected chi connectivity index (χ4v) is 2.77. The second-order valence-corrected chi connectivity index (χ2v) is 7.66. The van der Waals surface area contributed by atoms with E-state index in [0.29, 0.717) is 16.4 Å². The Bertz CT molecular complexity index is 862. The Morgan fingerprint density at radius 3 is 2.62 bits per heavy atom. The minimum Gasteiger partial charge on any atom is -0.387 e. The molecule has 0 aliphatic heterocycles. The van der Waals surface area contributed by atoms with Gasteiger partial charge in [0, 0.05) is 3.57 Å². The maximum atomic E-state index is 14.0. The van der Waals surface area contributed by atoms with E-state index in [4.69, 9.17) is 16.4 Å². The highest BCUT2D eigenvalue weighted by molar-refractivity contribution is 14.1. The fourth-order valence-electron chi connectivity index (χ4n) is 2.15. The number of halogens is 4. The fraction of sp³-hybridized carbons (Fsp3) is 0.235. The molecule has 2 aromatic carbocycles. The van der Waals surface area contributed by atoms with Gasteiger partial charge in [-0.05, 0) is 65.8 Å². The van der Waals surface area contributed by atoms with Crippen molar-refractivity contribution in [2.24, 2.45) is 0 Å². The first-order valence-electron chi connectivity index (χ1n) is 7.63. The molecule has 1 aliphatic carbocycles. The number of hydrogen-bond acceptors (Lipinski definition) is 4. The molecule has 26 heavy (non-hydrogen) atoms. The Morgan fingerprint density at radius 1 is 1.23 bits per heavy atom. The Hall–Kier alpha value is -1.49. The zero-order valence-corrected chi connectivity index (χ0v) is 16.2. The average molecular weight is 495 g/mol. The topological polar surface area (TPSA) is 70.6 Å². The quantitative estimate of drug-likeness (QED) is 0.417. The molecule has 0 saturated heterocycles. The van der Waals surface area contributed by atoms with Gasteiger partial charge >= 0.3 is 0 Å². The van der Waals surface area contributed by atoms with Crippen LogP contribution in [-0.4, -0.2) is 23.2 Å². The van der Waals surface area contributed by atoms with Crippen molar-refractivity contribution < 1.29 is 23.5 Å². The van der Waals surface area contributed by atoms with Crippen LogP contribution in [0, 0.1) is 15.2 Å². The van der Waals surface area contributed by atoms with E-state index in [-0.39, 0.29) is 28.6 Å². The van der Waals surface area contributed by atoms with Gasteiger partial charge in [0.05, 0.1) is 27.6 Å². The minimum atomic E-state index is -0.904. The van der Waals surface area contributed by atoms with Crippen molar-refractivity contribution >= 4 is 51.5 Å². The van der Waals surface area contributed by atoms with Gasteiger partial charge in [0.1, 0.15) is 18.2 Å². The predicted octanol–water partition coefficient (Wildman–Crippen LogP) is 4.15. The van der Waals surface area contributed by atoms with Crippen LogP contribution < -0.4 is 10.8 Å². The Balaban J connectivity index is 1.81. The maximum Gasteiger partial charge on any atom is 0.277 e. The number of rotatable bonds is 6. The highest BCUT2D eigenvalue weighted by Crippen LogP contribution is 2.35. The van der Waals surface area contributed by atoms with Gasteiger partial charge in [-0.1, -0.05) is 11.6 Å². The van der Waals surface area contributed by atoms with Crippen LogP contribution in [0.25, 0.3) is 0 Å². The van der Waals surface area contributed by atoms with Crippen molar-refractivity contribution in [1.82, 2.24) is 5.48 Å². The van der Waals surface area contributed by atoms with E-state index >= 15 is 0 Å². The summed E-state index contributed by atoms with van der Waals surface area (Å²) in [7, 11) is 0. The summed E-state index contributed by atoms with van der Waals surface area (Å²) in [4.78, 5) is 17.3. The number of benzene rings is 2. The standard InChI is InChI=1S/C17H14ClF2IN2O3/c18-11-6-10(16(24)23-26-8-17(25)3-4-17)15(7-12(11)19)22-14-2-1-9(21)5-13(14)20/h1-2,5-7,22,25H,3-4,8H2,(H,23,24). The summed E-state index contributed by atoms with van der Waals surface area (Å²) >= 11 is 7.72. The van der Waals surface area contributed by atoms with Gasteiger partial charge in [-0.25, -0.2) is 14.3 Å². The number of nitrogens with one attached hydrogen (secondary N) is 2. The number of aliphatic hydroxyl groups is 1. The molecule has 0 unspecified atom stereocenters. The summed E-state index contributed by atoms with van der Waals surface area (Å²) in [5, 5.41) is 12.1. The Labute approximate surface area is 166 Å². The number of carbonyl (C=O) groups is 1. The molecule has 1 saturated carbocycles. The summed E-state index contributed by atoms with van der Waals surface area (Å²) in [5.41, 5.74) is 1.35. The van der Waals surface area contributed by atoms with Crippen LogP contribution in [0.15, 0.2) is 30.3 Å². The van der Waals surface area contributed by atoms with E-state index in [9.17, 15) is 18.7 Å². The van der Waals surface area contributed by atoms with Crippen molar-refractivity contribution in [3.63, 3.8) is 0 Å². The van der Waals surface area contributed by atoms with Crippen molar-refractivity contribution in [3.8, 4) is 0 Å². The summed E-state index contributed by atoms with van der Waals surface area (Å²) in [5.74, 6) is -2.01. The van der Waals surface area contributed by atoms with E-state index in [0.717, 1.165) is 12.1 Å². The van der Waals surface area contributed by atoms with Gasteiger partial charge in [-0.15, -0.1) is 0 Å². The van der Waals surface area contributed by atoms with Gasteiger partial charge in [-0.2, -0.15) is 0 Å². The third-order valence-electron chi connectivity index (χ3n) is 3.84. The van der Waals surface area contributed by atoms with E-state index in [1.54, 1.807) is 6.07 Å². The second kappa shape index (κ2) is 7.63. The van der Waals surface area contributed by atoms with Crippen LogP contribution in [0.2, 0.25) is 5.02 Å². The molecule has 1 aliphatic rings. The van der Waals surface area contributed by atoms with E-state index < -0.39 is 23.1 Å². The number of carbonyl (C=O) groups excluding carboxylic acids is 1. The summed E-state index contributed by atoms with van der Waals surface area (Å²) in [6.45, 7) is -0.0534. The molecule has 0 aromatic heterocycles. The Morgan fingerprint density at radius 2 is 1.96 bits per heavy atom. The number of anilines is 2. The molecule has 3 rings (SSSR count). The maximum absolute atomic E-state index is 14.0. The molecule has 138 valence electrons. The van der Waals surface area contributed by atoms with E-state index in [1.165, 1.54) is 12.1 Å². The average Bonchev–Trinajstić information content (AvgIpc) is 3.30. The molecule has 1 fully saturated rings. The van der Waals surface area contributed by atoms with Crippen LogP contribution in [0.3, 0.4) is 0 Å². The largest absolute Gasteiger partial charge is 0.387 e. The predicted molar refractivity (Wildman–Crippen MR) is 101 cm³/mol. The molecule has 0 atom stereocenters. The lowest BCUT2D eigenvalue weighted by Gasteiger charge is -2.15. The smallest absolute Gasteiger partial charge is 0.277 e. The number of hydrogen-bond donors (Lipinski definition) is 3. The van der Waals surface area contributed by atoms with Crippen molar-refractivity contribution in [2.45, 2.75) is 18.4 Å². The number of amides is 1. The molecule has 0 heterocycles. The zero-order valence-electron chi connectivity index (χ0n) is 13.3. The molecule has 0 radical (unpaired) electrons. The van der Waals surface area contributed by atoms with Crippen molar-refractivity contribution in [3.05, 3.63) is 56.1 Å². The van der Waals surface area contributed by atoms with Crippen LogP contribution in [0.5, 0.6) is 0 Å². The Kier molecular flexibility index (Phi) is 5.66. The molecule has 1 amide bonds. The molecule has 5 nitrogen and oxygen atoms in total. The van der Waals surface area contributed by atoms with Crippen molar-refractivity contribution in [2.75, 3.05) is 11.9 Å². The monoisotopic (exact) mass is 494 g/mol. The van der Waals surface area contributed by atoms with Crippen LogP contribution in [-0.2, 0) is 4.84 Å². The lowest BCUT2D eigenvalue weighted by Crippen LogP contribution is -2.29. The summed E-state index contributed by atoms with van der Waals surface area (Å²) < 4.78 is 28.6. The van der Waals surface area contributed by atoms with Gasteiger partial charge < -0.3 is 10.4 Å². The van der Waals surface area contributed by atoms with Gasteiger partial charge in [0.2, 0.25) is 0 Å². The third kappa shape index (κ3) is 4.61. The van der Waals surface area contributed by atoms with Crippen LogP contribution in [0.4, 0.5) is 20.2 Å². The van der Waals surface area contributed by atoms with E-state index in [2.05, 4.69) is 10.8 Å². The highest BCUT2D eigenvalue weighted by atomic mass is 127.